The Morgan fingerprint density at radius 2 is 2.07 bits per heavy atom. The van der Waals surface area contributed by atoms with E-state index in [1.54, 1.807) is 18.3 Å². The van der Waals surface area contributed by atoms with Crippen molar-refractivity contribution in [2.45, 2.75) is 19.6 Å². The third-order valence-electron chi connectivity index (χ3n) is 3.94. The minimum Gasteiger partial charge on any atom is -0.311 e. The summed E-state index contributed by atoms with van der Waals surface area (Å²) in [6.07, 6.45) is -3.11. The van der Waals surface area contributed by atoms with Crippen molar-refractivity contribution < 1.29 is 18.0 Å². The third-order valence-corrected chi connectivity index (χ3v) is 4.81. The van der Waals surface area contributed by atoms with Gasteiger partial charge in [-0.15, -0.1) is 10.2 Å². The molecule has 0 radical (unpaired) electrons. The van der Waals surface area contributed by atoms with Crippen molar-refractivity contribution in [2.75, 3.05) is 5.32 Å². The topological polar surface area (TPSA) is 101 Å². The number of hydrogen-bond acceptors (Lipinski definition) is 6. The van der Waals surface area contributed by atoms with E-state index in [0.717, 1.165) is 27.2 Å². The summed E-state index contributed by atoms with van der Waals surface area (Å²) in [6, 6.07) is 6.11. The van der Waals surface area contributed by atoms with Crippen molar-refractivity contribution >= 4 is 33.4 Å². The van der Waals surface area contributed by atoms with E-state index in [0.29, 0.717) is 5.01 Å². The lowest BCUT2D eigenvalue weighted by Gasteiger charge is -2.10. The first-order valence-corrected chi connectivity index (χ1v) is 8.81. The molecular formula is C16H12F3N7OS. The maximum atomic E-state index is 13.3. The second-order valence-electron chi connectivity index (χ2n) is 5.88. The highest BCUT2D eigenvalue weighted by Gasteiger charge is 2.38. The Morgan fingerprint density at radius 1 is 1.29 bits per heavy atom. The van der Waals surface area contributed by atoms with Crippen LogP contribution in [0.1, 0.15) is 11.5 Å². The highest BCUT2D eigenvalue weighted by Crippen LogP contribution is 2.32. The number of amides is 1. The average molecular weight is 407 g/mol. The molecule has 28 heavy (non-hydrogen) atoms. The van der Waals surface area contributed by atoms with E-state index in [2.05, 4.69) is 30.7 Å². The number of fused-ring (bicyclic) bond motifs is 1. The average Bonchev–Trinajstić information content (AvgIpc) is 3.33. The van der Waals surface area contributed by atoms with E-state index in [9.17, 15) is 18.0 Å². The molecule has 4 aromatic rings. The van der Waals surface area contributed by atoms with E-state index in [1.807, 2.05) is 6.92 Å². The lowest BCUT2D eigenvalue weighted by Crippen LogP contribution is -2.23. The summed E-state index contributed by atoms with van der Waals surface area (Å²) >= 11 is 1.10. The van der Waals surface area contributed by atoms with E-state index < -0.39 is 24.5 Å². The number of carbonyl (C=O) groups excluding carboxylic acids is 1. The first kappa shape index (κ1) is 18.1. The van der Waals surface area contributed by atoms with Crippen LogP contribution >= 0.6 is 11.3 Å². The molecule has 0 atom stereocenters. The highest BCUT2D eigenvalue weighted by molar-refractivity contribution is 7.18. The number of nitrogens with one attached hydrogen (secondary N) is 2. The van der Waals surface area contributed by atoms with Gasteiger partial charge in [0.15, 0.2) is 5.01 Å². The predicted octanol–water partition coefficient (Wildman–Crippen LogP) is 3.24. The van der Waals surface area contributed by atoms with Gasteiger partial charge in [0.2, 0.25) is 16.9 Å². The fourth-order valence-electron chi connectivity index (χ4n) is 2.70. The Kier molecular flexibility index (Phi) is 4.34. The van der Waals surface area contributed by atoms with Gasteiger partial charge in [0, 0.05) is 5.69 Å². The number of para-hydroxylation sites is 2. The number of nitrogens with zero attached hydrogens (tertiary/aromatic N) is 5. The van der Waals surface area contributed by atoms with Crippen LogP contribution in [0.2, 0.25) is 0 Å². The van der Waals surface area contributed by atoms with Gasteiger partial charge >= 0.3 is 6.18 Å². The number of imidazole rings is 1. The smallest absolute Gasteiger partial charge is 0.311 e. The van der Waals surface area contributed by atoms with Gasteiger partial charge < -0.3 is 4.57 Å². The molecule has 0 saturated heterocycles. The van der Waals surface area contributed by atoms with Crippen LogP contribution in [0.15, 0.2) is 30.5 Å². The Hall–Kier alpha value is -3.28. The van der Waals surface area contributed by atoms with E-state index >= 15 is 0 Å². The van der Waals surface area contributed by atoms with Crippen molar-refractivity contribution in [2.24, 2.45) is 0 Å². The Morgan fingerprint density at radius 3 is 2.79 bits per heavy atom. The zero-order valence-electron chi connectivity index (χ0n) is 14.3. The minimum atomic E-state index is -4.69. The molecule has 8 nitrogen and oxygen atoms in total. The summed E-state index contributed by atoms with van der Waals surface area (Å²) in [5, 5.41) is 17.7. The molecule has 0 spiro atoms. The van der Waals surface area contributed by atoms with Crippen LogP contribution in [0, 0.1) is 6.92 Å². The molecule has 144 valence electrons. The lowest BCUT2D eigenvalue weighted by molar-refractivity contribution is -0.147. The van der Waals surface area contributed by atoms with Crippen LogP contribution in [-0.4, -0.2) is 35.9 Å². The van der Waals surface area contributed by atoms with Crippen molar-refractivity contribution in [3.8, 4) is 10.6 Å². The van der Waals surface area contributed by atoms with Gasteiger partial charge in [-0.3, -0.25) is 15.2 Å². The van der Waals surface area contributed by atoms with E-state index in [4.69, 9.17) is 0 Å². The van der Waals surface area contributed by atoms with Gasteiger partial charge in [-0.1, -0.05) is 23.5 Å². The zero-order chi connectivity index (χ0) is 19.9. The van der Waals surface area contributed by atoms with Crippen molar-refractivity contribution in [3.63, 3.8) is 0 Å². The number of aromatic nitrogens is 6. The first-order valence-electron chi connectivity index (χ1n) is 7.99. The number of alkyl halides is 3. The molecule has 0 fully saturated rings. The third kappa shape index (κ3) is 3.33. The summed E-state index contributed by atoms with van der Waals surface area (Å²) in [5.41, 5.74) is 1.90. The molecule has 0 aliphatic heterocycles. The number of benzene rings is 1. The summed E-state index contributed by atoms with van der Waals surface area (Å²) in [4.78, 5) is 16.0. The van der Waals surface area contributed by atoms with Gasteiger partial charge in [-0.2, -0.15) is 18.3 Å². The molecule has 0 unspecified atom stereocenters. The molecule has 1 amide bonds. The molecule has 12 heteroatoms. The second-order valence-corrected chi connectivity index (χ2v) is 6.85. The SMILES string of the molecule is Cc1[nH]ncc1-c1nnc(NC(=O)Cn2c(C(F)(F)F)nc3ccccc32)s1. The summed E-state index contributed by atoms with van der Waals surface area (Å²) in [5.74, 6) is -1.80. The molecule has 4 rings (SSSR count). The number of carbonyl (C=O) groups is 1. The lowest BCUT2D eigenvalue weighted by atomic mass is 10.3. The highest BCUT2D eigenvalue weighted by atomic mass is 32.1. The Labute approximate surface area is 159 Å². The van der Waals surface area contributed by atoms with Crippen molar-refractivity contribution in [1.82, 2.24) is 29.9 Å². The molecule has 0 aliphatic carbocycles. The number of aryl methyl sites for hydroxylation is 1. The summed E-state index contributed by atoms with van der Waals surface area (Å²) < 4.78 is 40.8. The predicted molar refractivity (Wildman–Crippen MR) is 95.6 cm³/mol. The number of H-pyrrole nitrogens is 1. The van der Waals surface area contributed by atoms with Crippen LogP contribution in [0.25, 0.3) is 21.6 Å². The Bertz CT molecular complexity index is 1160. The van der Waals surface area contributed by atoms with E-state index in [-0.39, 0.29) is 16.2 Å². The normalized spacial score (nSPS) is 11.9. The standard InChI is InChI=1S/C16H12F3N7OS/c1-8-9(6-20-23-8)13-24-25-15(28-13)22-12(27)7-26-11-5-3-2-4-10(11)21-14(26)16(17,18)19/h2-6H,7H2,1H3,(H,20,23)(H,22,25,27). The monoisotopic (exact) mass is 407 g/mol. The molecule has 0 saturated carbocycles. The second kappa shape index (κ2) is 6.71. The molecule has 3 aromatic heterocycles. The Balaban J connectivity index is 1.58. The minimum absolute atomic E-state index is 0.163. The maximum Gasteiger partial charge on any atom is 0.449 e. The van der Waals surface area contributed by atoms with Crippen molar-refractivity contribution in [3.05, 3.63) is 42.0 Å². The fraction of sp³-hybridized carbons (Fsp3) is 0.188. The van der Waals surface area contributed by atoms with E-state index in [1.165, 1.54) is 12.1 Å². The molecule has 1 aromatic carbocycles. The summed E-state index contributed by atoms with van der Waals surface area (Å²) in [7, 11) is 0. The molecule has 2 N–H and O–H groups in total. The molecule has 0 aliphatic rings. The molecule has 3 heterocycles. The number of rotatable bonds is 4. The largest absolute Gasteiger partial charge is 0.449 e. The number of halogens is 3. The fourth-order valence-corrected chi connectivity index (χ4v) is 3.53. The van der Waals surface area contributed by atoms with Crippen LogP contribution < -0.4 is 5.32 Å². The maximum absolute atomic E-state index is 13.3. The molecule has 0 bridgehead atoms. The van der Waals surface area contributed by atoms with Gasteiger partial charge in [0.1, 0.15) is 6.54 Å². The van der Waals surface area contributed by atoms with Crippen LogP contribution in [-0.2, 0) is 17.5 Å². The van der Waals surface area contributed by atoms with Crippen LogP contribution in [0.5, 0.6) is 0 Å². The molecular weight excluding hydrogens is 395 g/mol. The number of hydrogen-bond donors (Lipinski definition) is 2. The van der Waals surface area contributed by atoms with Gasteiger partial charge in [0.05, 0.1) is 22.8 Å². The van der Waals surface area contributed by atoms with Gasteiger partial charge in [-0.25, -0.2) is 4.98 Å². The quantitative estimate of drug-likeness (QED) is 0.541. The summed E-state index contributed by atoms with van der Waals surface area (Å²) in [6.45, 7) is 1.25. The number of anilines is 1. The van der Waals surface area contributed by atoms with Crippen molar-refractivity contribution in [1.29, 1.82) is 0 Å². The first-order chi connectivity index (χ1) is 13.3. The zero-order valence-corrected chi connectivity index (χ0v) is 15.1. The number of aromatic amines is 1. The van der Waals surface area contributed by atoms with Crippen LogP contribution in [0.3, 0.4) is 0 Å². The van der Waals surface area contributed by atoms with Gasteiger partial charge in [0.25, 0.3) is 0 Å². The van der Waals surface area contributed by atoms with Crippen LogP contribution in [0.4, 0.5) is 18.3 Å². The van der Waals surface area contributed by atoms with Gasteiger partial charge in [-0.05, 0) is 19.1 Å².